The predicted molar refractivity (Wildman–Crippen MR) is 87.7 cm³/mol. The molecule has 0 saturated carbocycles. The first-order chi connectivity index (χ1) is 10.1. The quantitative estimate of drug-likeness (QED) is 0.661. The Morgan fingerprint density at radius 2 is 1.86 bits per heavy atom. The number of carbonyl (C=O) groups excluding carboxylic acids is 1. The summed E-state index contributed by atoms with van der Waals surface area (Å²) in [5, 5.41) is 4.71. The van der Waals surface area contributed by atoms with Crippen molar-refractivity contribution < 1.29 is 4.79 Å². The van der Waals surface area contributed by atoms with E-state index in [0.29, 0.717) is 15.6 Å². The molecule has 0 aliphatic heterocycles. The van der Waals surface area contributed by atoms with Crippen LogP contribution in [0.4, 0.5) is 0 Å². The lowest BCUT2D eigenvalue weighted by molar-refractivity contribution is 0.0955. The van der Waals surface area contributed by atoms with E-state index in [1.54, 1.807) is 30.3 Å². The van der Waals surface area contributed by atoms with Crippen molar-refractivity contribution in [1.29, 1.82) is 0 Å². The van der Waals surface area contributed by atoms with E-state index in [1.807, 2.05) is 30.3 Å². The second-order valence-corrected chi connectivity index (χ2v) is 5.02. The van der Waals surface area contributed by atoms with Crippen molar-refractivity contribution in [2.45, 2.75) is 0 Å². The molecule has 0 unspecified atom stereocenters. The number of hydrogen-bond acceptors (Lipinski definition) is 2. The van der Waals surface area contributed by atoms with Crippen molar-refractivity contribution >= 4 is 41.4 Å². The van der Waals surface area contributed by atoms with Crippen LogP contribution in [0.2, 0.25) is 5.02 Å². The highest BCUT2D eigenvalue weighted by atomic mass is 35.5. The molecule has 0 bridgehead atoms. The molecule has 0 aliphatic carbocycles. The normalized spacial score (nSPS) is 11.6. The van der Waals surface area contributed by atoms with Crippen molar-refractivity contribution in [3.05, 3.63) is 75.8 Å². The Morgan fingerprint density at radius 3 is 2.57 bits per heavy atom. The van der Waals surface area contributed by atoms with Gasteiger partial charge in [-0.2, -0.15) is 5.10 Å². The first kappa shape index (κ1) is 15.3. The SMILES string of the molecule is O=C(N/N=C\C(Cl)=C\c1ccccc1)c1cccc(Cl)c1. The number of carbonyl (C=O) groups is 1. The molecule has 0 heterocycles. The van der Waals surface area contributed by atoms with Gasteiger partial charge >= 0.3 is 0 Å². The van der Waals surface area contributed by atoms with Gasteiger partial charge in [-0.05, 0) is 29.8 Å². The minimum atomic E-state index is -0.349. The number of nitrogens with one attached hydrogen (secondary N) is 1. The molecule has 2 aromatic rings. The highest BCUT2D eigenvalue weighted by Crippen LogP contribution is 2.10. The van der Waals surface area contributed by atoms with Gasteiger partial charge in [-0.25, -0.2) is 5.43 Å². The number of amides is 1. The molecule has 21 heavy (non-hydrogen) atoms. The summed E-state index contributed by atoms with van der Waals surface area (Å²) < 4.78 is 0. The highest BCUT2D eigenvalue weighted by Gasteiger charge is 2.03. The minimum absolute atomic E-state index is 0.349. The fourth-order valence-corrected chi connectivity index (χ4v) is 1.96. The average molecular weight is 319 g/mol. The first-order valence-electron chi connectivity index (χ1n) is 6.16. The van der Waals surface area contributed by atoms with Gasteiger partial charge in [0.1, 0.15) is 0 Å². The largest absolute Gasteiger partial charge is 0.271 e. The smallest absolute Gasteiger partial charge is 0.267 e. The molecule has 0 spiro atoms. The molecule has 106 valence electrons. The van der Waals surface area contributed by atoms with Crippen LogP contribution in [0.25, 0.3) is 6.08 Å². The lowest BCUT2D eigenvalue weighted by Gasteiger charge is -1.99. The van der Waals surface area contributed by atoms with Gasteiger partial charge in [0.25, 0.3) is 5.91 Å². The monoisotopic (exact) mass is 318 g/mol. The minimum Gasteiger partial charge on any atom is -0.267 e. The molecule has 0 fully saturated rings. The van der Waals surface area contributed by atoms with Crippen LogP contribution in [-0.4, -0.2) is 12.1 Å². The molecular weight excluding hydrogens is 307 g/mol. The third-order valence-corrected chi connectivity index (χ3v) is 2.99. The number of hydrazone groups is 1. The van der Waals surface area contributed by atoms with Gasteiger partial charge in [0.15, 0.2) is 0 Å². The highest BCUT2D eigenvalue weighted by molar-refractivity contribution is 6.41. The lowest BCUT2D eigenvalue weighted by atomic mass is 10.2. The van der Waals surface area contributed by atoms with Gasteiger partial charge in [0.2, 0.25) is 0 Å². The van der Waals surface area contributed by atoms with Crippen molar-refractivity contribution in [1.82, 2.24) is 5.43 Å². The van der Waals surface area contributed by atoms with Crippen molar-refractivity contribution in [3.63, 3.8) is 0 Å². The number of hydrogen-bond donors (Lipinski definition) is 1. The van der Waals surface area contributed by atoms with Gasteiger partial charge in [-0.15, -0.1) is 0 Å². The molecule has 5 heteroatoms. The fourth-order valence-electron chi connectivity index (χ4n) is 1.59. The van der Waals surface area contributed by atoms with Gasteiger partial charge in [-0.1, -0.05) is 59.6 Å². The van der Waals surface area contributed by atoms with Crippen LogP contribution in [0, 0.1) is 0 Å². The van der Waals surface area contributed by atoms with Crippen LogP contribution in [-0.2, 0) is 0 Å². The molecular formula is C16H12Cl2N2O. The Labute approximate surface area is 132 Å². The number of benzene rings is 2. The Bertz CT molecular complexity index is 682. The maximum atomic E-state index is 11.8. The molecule has 1 N–H and O–H groups in total. The van der Waals surface area contributed by atoms with E-state index in [2.05, 4.69) is 10.5 Å². The topological polar surface area (TPSA) is 41.5 Å². The van der Waals surface area contributed by atoms with E-state index >= 15 is 0 Å². The van der Waals surface area contributed by atoms with E-state index in [-0.39, 0.29) is 5.91 Å². The summed E-state index contributed by atoms with van der Waals surface area (Å²) in [6.07, 6.45) is 3.12. The first-order valence-corrected chi connectivity index (χ1v) is 6.92. The van der Waals surface area contributed by atoms with Crippen LogP contribution < -0.4 is 5.43 Å². The third-order valence-electron chi connectivity index (χ3n) is 2.54. The maximum Gasteiger partial charge on any atom is 0.271 e. The molecule has 1 amide bonds. The molecule has 0 aromatic heterocycles. The zero-order chi connectivity index (χ0) is 15.1. The van der Waals surface area contributed by atoms with Crippen LogP contribution in [0.3, 0.4) is 0 Å². The van der Waals surface area contributed by atoms with Gasteiger partial charge in [0, 0.05) is 10.6 Å². The fraction of sp³-hybridized carbons (Fsp3) is 0. The Morgan fingerprint density at radius 1 is 1.10 bits per heavy atom. The summed E-state index contributed by atoms with van der Waals surface area (Å²) >= 11 is 11.8. The van der Waals surface area contributed by atoms with E-state index in [1.165, 1.54) is 6.21 Å². The third kappa shape index (κ3) is 5.06. The molecule has 0 saturated heterocycles. The number of nitrogens with zero attached hydrogens (tertiary/aromatic N) is 1. The van der Waals surface area contributed by atoms with Gasteiger partial charge in [-0.3, -0.25) is 4.79 Å². The van der Waals surface area contributed by atoms with Crippen LogP contribution >= 0.6 is 23.2 Å². The van der Waals surface area contributed by atoms with Gasteiger partial charge in [0.05, 0.1) is 11.2 Å². The van der Waals surface area contributed by atoms with Crippen molar-refractivity contribution in [2.75, 3.05) is 0 Å². The van der Waals surface area contributed by atoms with Gasteiger partial charge < -0.3 is 0 Å². The summed E-state index contributed by atoms with van der Waals surface area (Å²) in [4.78, 5) is 11.8. The van der Waals surface area contributed by atoms with Crippen LogP contribution in [0.15, 0.2) is 64.7 Å². The zero-order valence-corrected chi connectivity index (χ0v) is 12.5. The average Bonchev–Trinajstić information content (AvgIpc) is 2.48. The van der Waals surface area contributed by atoms with Crippen molar-refractivity contribution in [2.24, 2.45) is 5.10 Å². The number of allylic oxidation sites excluding steroid dienone is 1. The summed E-state index contributed by atoms with van der Waals surface area (Å²) in [6.45, 7) is 0. The Hall–Kier alpha value is -2.10. The summed E-state index contributed by atoms with van der Waals surface area (Å²) in [5.41, 5.74) is 3.78. The zero-order valence-electron chi connectivity index (χ0n) is 11.0. The van der Waals surface area contributed by atoms with Crippen molar-refractivity contribution in [3.8, 4) is 0 Å². The van der Waals surface area contributed by atoms with Crippen LogP contribution in [0.1, 0.15) is 15.9 Å². The number of rotatable bonds is 4. The summed E-state index contributed by atoms with van der Waals surface area (Å²) in [7, 11) is 0. The molecule has 2 rings (SSSR count). The molecule has 0 radical (unpaired) electrons. The summed E-state index contributed by atoms with van der Waals surface area (Å²) in [6, 6.07) is 16.2. The van der Waals surface area contributed by atoms with Crippen LogP contribution in [0.5, 0.6) is 0 Å². The van der Waals surface area contributed by atoms with E-state index in [4.69, 9.17) is 23.2 Å². The number of halogens is 2. The second-order valence-electron chi connectivity index (χ2n) is 4.15. The molecule has 0 aliphatic rings. The second kappa shape index (κ2) is 7.62. The summed E-state index contributed by atoms with van der Waals surface area (Å²) in [5.74, 6) is -0.349. The Kier molecular flexibility index (Phi) is 5.55. The predicted octanol–water partition coefficient (Wildman–Crippen LogP) is 4.34. The standard InChI is InChI=1S/C16H12Cl2N2O/c17-14-8-4-7-13(10-14)16(21)20-19-11-15(18)9-12-5-2-1-3-6-12/h1-11H,(H,20,21)/b15-9-,19-11-. The lowest BCUT2D eigenvalue weighted by Crippen LogP contribution is -2.17. The van der Waals surface area contributed by atoms with E-state index in [9.17, 15) is 4.79 Å². The Balaban J connectivity index is 1.96. The molecule has 2 aromatic carbocycles. The molecule has 3 nitrogen and oxygen atoms in total. The maximum absolute atomic E-state index is 11.8. The van der Waals surface area contributed by atoms with E-state index in [0.717, 1.165) is 5.56 Å². The molecule has 0 atom stereocenters. The van der Waals surface area contributed by atoms with E-state index < -0.39 is 0 Å².